The maximum absolute atomic E-state index is 6.04. The first-order valence-electron chi connectivity index (χ1n) is 8.69. The molecular formula is C20H28N4O2. The van der Waals surface area contributed by atoms with Crippen molar-refractivity contribution in [3.05, 3.63) is 53.9 Å². The zero-order valence-electron chi connectivity index (χ0n) is 15.9. The van der Waals surface area contributed by atoms with E-state index in [1.807, 2.05) is 30.5 Å². The summed E-state index contributed by atoms with van der Waals surface area (Å²) in [4.78, 5) is 8.63. The average Bonchev–Trinajstić information content (AvgIpc) is 2.66. The van der Waals surface area contributed by atoms with E-state index in [2.05, 4.69) is 35.2 Å². The molecule has 1 heterocycles. The Morgan fingerprint density at radius 1 is 1.19 bits per heavy atom. The smallest absolute Gasteiger partial charge is 0.188 e. The first kappa shape index (κ1) is 19.6. The van der Waals surface area contributed by atoms with Crippen LogP contribution in [0.25, 0.3) is 0 Å². The van der Waals surface area contributed by atoms with Gasteiger partial charge in [0.15, 0.2) is 17.5 Å². The predicted octanol–water partition coefficient (Wildman–Crippen LogP) is 2.94. The number of methoxy groups -OCH3 is 2. The number of benzene rings is 1. The monoisotopic (exact) mass is 356 g/mol. The van der Waals surface area contributed by atoms with Crippen molar-refractivity contribution in [2.75, 3.05) is 20.8 Å². The van der Waals surface area contributed by atoms with Crippen LogP contribution in [0, 0.1) is 5.92 Å². The second kappa shape index (κ2) is 9.65. The number of aliphatic imine (C=N–C) groups is 1. The molecule has 0 aliphatic heterocycles. The van der Waals surface area contributed by atoms with Crippen molar-refractivity contribution in [3.63, 3.8) is 0 Å². The molecule has 0 aliphatic rings. The molecule has 0 radical (unpaired) electrons. The highest BCUT2D eigenvalue weighted by Gasteiger charge is 2.16. The van der Waals surface area contributed by atoms with E-state index in [-0.39, 0.29) is 0 Å². The van der Waals surface area contributed by atoms with Crippen molar-refractivity contribution in [2.24, 2.45) is 16.6 Å². The number of hydrogen-bond donors (Lipinski definition) is 2. The fourth-order valence-corrected chi connectivity index (χ4v) is 2.76. The largest absolute Gasteiger partial charge is 0.493 e. The molecule has 2 aromatic rings. The molecule has 1 aromatic heterocycles. The molecular weight excluding hydrogens is 328 g/mol. The second-order valence-electron chi connectivity index (χ2n) is 6.41. The van der Waals surface area contributed by atoms with Gasteiger partial charge in [0.2, 0.25) is 0 Å². The van der Waals surface area contributed by atoms with E-state index < -0.39 is 0 Å². The van der Waals surface area contributed by atoms with Crippen LogP contribution < -0.4 is 20.5 Å². The maximum Gasteiger partial charge on any atom is 0.188 e. The molecule has 1 aromatic carbocycles. The van der Waals surface area contributed by atoms with Crippen LogP contribution in [-0.4, -0.2) is 31.7 Å². The van der Waals surface area contributed by atoms with Gasteiger partial charge in [-0.3, -0.25) is 4.98 Å². The van der Waals surface area contributed by atoms with Crippen LogP contribution in [0.4, 0.5) is 0 Å². The van der Waals surface area contributed by atoms with Crippen LogP contribution in [0.2, 0.25) is 0 Å². The van der Waals surface area contributed by atoms with Crippen LogP contribution in [0.5, 0.6) is 11.5 Å². The second-order valence-corrected chi connectivity index (χ2v) is 6.41. The van der Waals surface area contributed by atoms with Gasteiger partial charge in [0.1, 0.15) is 0 Å². The molecule has 2 rings (SSSR count). The summed E-state index contributed by atoms with van der Waals surface area (Å²) in [6.45, 7) is 5.57. The molecule has 0 aliphatic carbocycles. The van der Waals surface area contributed by atoms with E-state index in [0.717, 1.165) is 5.56 Å². The van der Waals surface area contributed by atoms with Gasteiger partial charge in [-0.1, -0.05) is 26.0 Å². The summed E-state index contributed by atoms with van der Waals surface area (Å²) in [5.74, 6) is 2.59. The third-order valence-corrected chi connectivity index (χ3v) is 4.30. The van der Waals surface area contributed by atoms with E-state index in [4.69, 9.17) is 15.2 Å². The molecule has 6 nitrogen and oxygen atoms in total. The Morgan fingerprint density at radius 3 is 2.58 bits per heavy atom. The molecule has 26 heavy (non-hydrogen) atoms. The Labute approximate surface area is 155 Å². The van der Waals surface area contributed by atoms with Crippen LogP contribution >= 0.6 is 0 Å². The van der Waals surface area contributed by atoms with Crippen LogP contribution in [0.15, 0.2) is 47.7 Å². The molecule has 0 amide bonds. The van der Waals surface area contributed by atoms with E-state index in [1.54, 1.807) is 20.4 Å². The van der Waals surface area contributed by atoms with Crippen LogP contribution in [0.1, 0.15) is 30.9 Å². The summed E-state index contributed by atoms with van der Waals surface area (Å²) in [5.41, 5.74) is 8.24. The first-order valence-corrected chi connectivity index (χ1v) is 8.69. The summed E-state index contributed by atoms with van der Waals surface area (Å²) < 4.78 is 10.6. The summed E-state index contributed by atoms with van der Waals surface area (Å²) in [5, 5.41) is 3.23. The normalized spacial score (nSPS) is 12.7. The molecule has 140 valence electrons. The molecule has 0 fully saturated rings. The standard InChI is InChI=1S/C20H28N4O2/c1-14(2)17(16-6-5-9-22-12-16)13-24-20(21)23-11-15-7-8-18(25-3)19(10-15)26-4/h5-10,12,14,17H,11,13H2,1-4H3,(H3,21,23,24). The zero-order chi connectivity index (χ0) is 18.9. The zero-order valence-corrected chi connectivity index (χ0v) is 15.9. The Bertz CT molecular complexity index is 717. The third-order valence-electron chi connectivity index (χ3n) is 4.30. The van der Waals surface area contributed by atoms with Crippen molar-refractivity contribution >= 4 is 5.96 Å². The molecule has 6 heteroatoms. The number of aromatic nitrogens is 1. The number of nitrogens with zero attached hydrogens (tertiary/aromatic N) is 2. The number of rotatable bonds is 8. The fourth-order valence-electron chi connectivity index (χ4n) is 2.76. The summed E-state index contributed by atoms with van der Waals surface area (Å²) >= 11 is 0. The minimum Gasteiger partial charge on any atom is -0.493 e. The van der Waals surface area contributed by atoms with Gasteiger partial charge in [0, 0.05) is 24.9 Å². The van der Waals surface area contributed by atoms with E-state index >= 15 is 0 Å². The molecule has 1 unspecified atom stereocenters. The number of ether oxygens (including phenoxy) is 2. The lowest BCUT2D eigenvalue weighted by molar-refractivity contribution is 0.354. The number of guanidine groups is 1. The average molecular weight is 356 g/mol. The Hall–Kier alpha value is -2.76. The van der Waals surface area contributed by atoms with Crippen molar-refractivity contribution in [1.29, 1.82) is 0 Å². The quantitative estimate of drug-likeness (QED) is 0.561. The van der Waals surface area contributed by atoms with Gasteiger partial charge in [-0.05, 0) is 35.2 Å². The van der Waals surface area contributed by atoms with Gasteiger partial charge in [-0.15, -0.1) is 0 Å². The predicted molar refractivity (Wildman–Crippen MR) is 105 cm³/mol. The van der Waals surface area contributed by atoms with Crippen molar-refractivity contribution in [1.82, 2.24) is 10.3 Å². The maximum atomic E-state index is 6.04. The third kappa shape index (κ3) is 5.37. The number of nitrogens with one attached hydrogen (secondary N) is 1. The van der Waals surface area contributed by atoms with E-state index in [0.29, 0.717) is 42.4 Å². The van der Waals surface area contributed by atoms with Gasteiger partial charge in [-0.2, -0.15) is 0 Å². The summed E-state index contributed by atoms with van der Waals surface area (Å²) in [6, 6.07) is 9.77. The highest BCUT2D eigenvalue weighted by atomic mass is 16.5. The van der Waals surface area contributed by atoms with Crippen LogP contribution in [-0.2, 0) is 6.54 Å². The molecule has 0 bridgehead atoms. The topological polar surface area (TPSA) is 81.8 Å². The lowest BCUT2D eigenvalue weighted by Gasteiger charge is -2.21. The van der Waals surface area contributed by atoms with Gasteiger partial charge in [-0.25, -0.2) is 4.99 Å². The van der Waals surface area contributed by atoms with Gasteiger partial charge in [0.05, 0.1) is 20.8 Å². The minimum atomic E-state index is 0.318. The molecule has 1 atom stereocenters. The van der Waals surface area contributed by atoms with E-state index in [9.17, 15) is 0 Å². The Balaban J connectivity index is 1.97. The number of hydrogen-bond acceptors (Lipinski definition) is 4. The SMILES string of the molecule is COc1ccc(CN=C(N)NCC(c2cccnc2)C(C)C)cc1OC. The fraction of sp³-hybridized carbons (Fsp3) is 0.400. The van der Waals surface area contributed by atoms with Gasteiger partial charge in [0.25, 0.3) is 0 Å². The molecule has 0 saturated carbocycles. The van der Waals surface area contributed by atoms with Gasteiger partial charge >= 0.3 is 0 Å². The molecule has 3 N–H and O–H groups in total. The lowest BCUT2D eigenvalue weighted by Crippen LogP contribution is -2.36. The lowest BCUT2D eigenvalue weighted by atomic mass is 9.89. The molecule has 0 saturated heterocycles. The van der Waals surface area contributed by atoms with E-state index in [1.165, 1.54) is 5.56 Å². The highest BCUT2D eigenvalue weighted by Crippen LogP contribution is 2.27. The van der Waals surface area contributed by atoms with Crippen molar-refractivity contribution in [3.8, 4) is 11.5 Å². The number of pyridine rings is 1. The minimum absolute atomic E-state index is 0.318. The van der Waals surface area contributed by atoms with Crippen LogP contribution in [0.3, 0.4) is 0 Å². The molecule has 0 spiro atoms. The summed E-state index contributed by atoms with van der Waals surface area (Å²) in [7, 11) is 3.23. The van der Waals surface area contributed by atoms with Crippen molar-refractivity contribution in [2.45, 2.75) is 26.3 Å². The Kier molecular flexibility index (Phi) is 7.26. The summed E-state index contributed by atoms with van der Waals surface area (Å²) in [6.07, 6.45) is 3.69. The first-order chi connectivity index (χ1) is 12.5. The number of nitrogens with two attached hydrogens (primary N) is 1. The highest BCUT2D eigenvalue weighted by molar-refractivity contribution is 5.77. The Morgan fingerprint density at radius 2 is 1.96 bits per heavy atom. The van der Waals surface area contributed by atoms with Gasteiger partial charge < -0.3 is 20.5 Å². The van der Waals surface area contributed by atoms with Crippen molar-refractivity contribution < 1.29 is 9.47 Å².